The van der Waals surface area contributed by atoms with E-state index in [0.717, 1.165) is 6.08 Å². The van der Waals surface area contributed by atoms with E-state index in [2.05, 4.69) is 11.3 Å². The first-order valence-corrected chi connectivity index (χ1v) is 7.03. The zero-order valence-corrected chi connectivity index (χ0v) is 12.8. The van der Waals surface area contributed by atoms with E-state index >= 15 is 0 Å². The van der Waals surface area contributed by atoms with Crippen molar-refractivity contribution in [3.05, 3.63) is 48.6 Å². The van der Waals surface area contributed by atoms with Crippen LogP contribution in [0.15, 0.2) is 43.0 Å². The second-order valence-electron chi connectivity index (χ2n) is 4.64. The first-order valence-electron chi connectivity index (χ1n) is 7.03. The minimum atomic E-state index is -3.53. The van der Waals surface area contributed by atoms with E-state index in [1.165, 1.54) is 6.92 Å². The van der Waals surface area contributed by atoms with Crippen molar-refractivity contribution in [3.63, 3.8) is 0 Å². The van der Waals surface area contributed by atoms with Crippen molar-refractivity contribution in [2.24, 2.45) is 0 Å². The number of amides is 1. The Morgan fingerprint density at radius 1 is 1.30 bits per heavy atom. The second kappa shape index (κ2) is 8.87. The van der Waals surface area contributed by atoms with Gasteiger partial charge in [-0.15, -0.1) is 6.58 Å². The zero-order valence-electron chi connectivity index (χ0n) is 12.8. The summed E-state index contributed by atoms with van der Waals surface area (Å²) in [5.41, 5.74) is 0.688. The summed E-state index contributed by atoms with van der Waals surface area (Å²) in [6, 6.07) is 6.57. The monoisotopic (exact) mass is 327 g/mol. The number of nitrogens with one attached hydrogen (secondary N) is 1. The van der Waals surface area contributed by atoms with E-state index in [0.29, 0.717) is 5.56 Å². The van der Waals surface area contributed by atoms with Gasteiger partial charge in [0, 0.05) is 6.42 Å². The van der Waals surface area contributed by atoms with Gasteiger partial charge in [-0.05, 0) is 12.5 Å². The molecule has 0 bridgehead atoms. The molecule has 0 radical (unpaired) electrons. The summed E-state index contributed by atoms with van der Waals surface area (Å²) < 4.78 is 37.3. The lowest BCUT2D eigenvalue weighted by Gasteiger charge is -2.24. The third-order valence-electron chi connectivity index (χ3n) is 2.84. The number of hydrogen-bond donors (Lipinski definition) is 1. The Morgan fingerprint density at radius 3 is 2.52 bits per heavy atom. The highest BCUT2D eigenvalue weighted by atomic mass is 19.3. The Bertz CT molecular complexity index is 534. The van der Waals surface area contributed by atoms with Crippen molar-refractivity contribution in [3.8, 4) is 0 Å². The summed E-state index contributed by atoms with van der Waals surface area (Å²) in [7, 11) is 0. The van der Waals surface area contributed by atoms with E-state index < -0.39 is 30.4 Å². The SMILES string of the molecule is C=CCC(F)(F)C(NC(=O)OCc1ccccc1)C(=O)OCC. The van der Waals surface area contributed by atoms with Crippen LogP contribution in [0, 0.1) is 0 Å². The maximum absolute atomic E-state index is 13.9. The Balaban J connectivity index is 2.70. The molecule has 7 heteroatoms. The average Bonchev–Trinajstić information content (AvgIpc) is 2.51. The van der Waals surface area contributed by atoms with Gasteiger partial charge in [0.25, 0.3) is 5.92 Å². The molecule has 1 unspecified atom stereocenters. The zero-order chi connectivity index (χ0) is 17.3. The van der Waals surface area contributed by atoms with Gasteiger partial charge in [0.1, 0.15) is 6.61 Å². The topological polar surface area (TPSA) is 64.6 Å². The van der Waals surface area contributed by atoms with Crippen molar-refractivity contribution in [1.29, 1.82) is 0 Å². The van der Waals surface area contributed by atoms with Gasteiger partial charge in [-0.2, -0.15) is 0 Å². The summed E-state index contributed by atoms with van der Waals surface area (Å²) in [4.78, 5) is 23.4. The fraction of sp³-hybridized carbons (Fsp3) is 0.375. The lowest BCUT2D eigenvalue weighted by molar-refractivity contribution is -0.156. The largest absolute Gasteiger partial charge is 0.464 e. The van der Waals surface area contributed by atoms with Crippen molar-refractivity contribution in [2.75, 3.05) is 6.61 Å². The van der Waals surface area contributed by atoms with Crippen molar-refractivity contribution in [2.45, 2.75) is 31.9 Å². The highest BCUT2D eigenvalue weighted by Gasteiger charge is 2.45. The molecule has 1 aromatic carbocycles. The van der Waals surface area contributed by atoms with Crippen LogP contribution in [0.5, 0.6) is 0 Å². The third-order valence-corrected chi connectivity index (χ3v) is 2.84. The van der Waals surface area contributed by atoms with Gasteiger partial charge in [-0.25, -0.2) is 18.4 Å². The number of esters is 1. The summed E-state index contributed by atoms with van der Waals surface area (Å²) in [5, 5.41) is 1.86. The van der Waals surface area contributed by atoms with Crippen LogP contribution in [-0.4, -0.2) is 30.6 Å². The number of benzene rings is 1. The summed E-state index contributed by atoms with van der Waals surface area (Å²) in [5.74, 6) is -4.75. The maximum atomic E-state index is 13.9. The molecular formula is C16H19F2NO4. The number of allylic oxidation sites excluding steroid dienone is 1. The number of rotatable bonds is 8. The molecule has 0 saturated carbocycles. The lowest BCUT2D eigenvalue weighted by atomic mass is 10.1. The molecule has 5 nitrogen and oxygen atoms in total. The number of alkyl halides is 2. The first kappa shape index (κ1) is 18.6. The van der Waals surface area contributed by atoms with Crippen molar-refractivity contribution >= 4 is 12.1 Å². The Morgan fingerprint density at radius 2 is 1.96 bits per heavy atom. The predicted octanol–water partition coefficient (Wildman–Crippen LogP) is 3.06. The highest BCUT2D eigenvalue weighted by molar-refractivity contribution is 5.82. The molecule has 0 aromatic heterocycles. The van der Waals surface area contributed by atoms with E-state index in [4.69, 9.17) is 4.74 Å². The van der Waals surface area contributed by atoms with Gasteiger partial charge in [0.15, 0.2) is 6.04 Å². The minimum Gasteiger partial charge on any atom is -0.464 e. The quantitative estimate of drug-likeness (QED) is 0.589. The van der Waals surface area contributed by atoms with E-state index in [1.807, 2.05) is 5.32 Å². The third kappa shape index (κ3) is 6.06. The molecule has 1 N–H and O–H groups in total. The van der Waals surface area contributed by atoms with Crippen LogP contribution in [0.2, 0.25) is 0 Å². The molecule has 1 rings (SSSR count). The fourth-order valence-electron chi connectivity index (χ4n) is 1.76. The number of carbonyl (C=O) groups is 2. The average molecular weight is 327 g/mol. The molecule has 0 heterocycles. The molecule has 0 aliphatic heterocycles. The van der Waals surface area contributed by atoms with Gasteiger partial charge in [0.05, 0.1) is 6.61 Å². The molecule has 0 aliphatic carbocycles. The molecule has 23 heavy (non-hydrogen) atoms. The second-order valence-corrected chi connectivity index (χ2v) is 4.64. The molecule has 1 amide bonds. The Hall–Kier alpha value is -2.44. The summed E-state index contributed by atoms with van der Waals surface area (Å²) in [6.07, 6.45) is -0.950. The molecule has 0 aliphatic rings. The van der Waals surface area contributed by atoms with Gasteiger partial charge in [-0.3, -0.25) is 0 Å². The molecular weight excluding hydrogens is 308 g/mol. The van der Waals surface area contributed by atoms with Crippen LogP contribution in [0.3, 0.4) is 0 Å². The summed E-state index contributed by atoms with van der Waals surface area (Å²) in [6.45, 7) is 4.51. The minimum absolute atomic E-state index is 0.0831. The fourth-order valence-corrected chi connectivity index (χ4v) is 1.76. The van der Waals surface area contributed by atoms with E-state index in [-0.39, 0.29) is 13.2 Å². The van der Waals surface area contributed by atoms with Crippen molar-refractivity contribution in [1.82, 2.24) is 5.32 Å². The van der Waals surface area contributed by atoms with Crippen LogP contribution >= 0.6 is 0 Å². The molecule has 1 atom stereocenters. The first-order chi connectivity index (χ1) is 10.9. The number of carbonyl (C=O) groups excluding carboxylic acids is 2. The lowest BCUT2D eigenvalue weighted by Crippen LogP contribution is -2.53. The Kier molecular flexibility index (Phi) is 7.18. The standard InChI is InChI=1S/C16H19F2NO4/c1-3-10-16(17,18)13(14(20)22-4-2)19-15(21)23-11-12-8-6-5-7-9-12/h3,5-9,13H,1,4,10-11H2,2H3,(H,19,21). The summed E-state index contributed by atoms with van der Waals surface area (Å²) >= 11 is 0. The van der Waals surface area contributed by atoms with Crippen LogP contribution in [-0.2, 0) is 20.9 Å². The maximum Gasteiger partial charge on any atom is 0.408 e. The van der Waals surface area contributed by atoms with Crippen LogP contribution in [0.4, 0.5) is 13.6 Å². The number of alkyl carbamates (subject to hydrolysis) is 1. The number of ether oxygens (including phenoxy) is 2. The smallest absolute Gasteiger partial charge is 0.408 e. The van der Waals surface area contributed by atoms with Crippen LogP contribution in [0.25, 0.3) is 0 Å². The van der Waals surface area contributed by atoms with Gasteiger partial charge in [-0.1, -0.05) is 36.4 Å². The van der Waals surface area contributed by atoms with Crippen molar-refractivity contribution < 1.29 is 27.8 Å². The predicted molar refractivity (Wildman–Crippen MR) is 79.9 cm³/mol. The molecule has 126 valence electrons. The van der Waals surface area contributed by atoms with E-state index in [1.54, 1.807) is 30.3 Å². The number of halogens is 2. The Labute approximate surface area is 133 Å². The van der Waals surface area contributed by atoms with Crippen LogP contribution < -0.4 is 5.32 Å². The highest BCUT2D eigenvalue weighted by Crippen LogP contribution is 2.24. The normalized spacial score (nSPS) is 12.1. The van der Waals surface area contributed by atoms with Gasteiger partial charge in [0.2, 0.25) is 0 Å². The molecule has 0 fully saturated rings. The molecule has 0 spiro atoms. The number of hydrogen-bond acceptors (Lipinski definition) is 4. The van der Waals surface area contributed by atoms with Gasteiger partial charge >= 0.3 is 12.1 Å². The molecule has 1 aromatic rings. The molecule has 0 saturated heterocycles. The van der Waals surface area contributed by atoms with Crippen LogP contribution in [0.1, 0.15) is 18.9 Å². The van der Waals surface area contributed by atoms with Gasteiger partial charge < -0.3 is 14.8 Å². The van der Waals surface area contributed by atoms with E-state index in [9.17, 15) is 18.4 Å².